The molecule has 15 heavy (non-hydrogen) atoms. The van der Waals surface area contributed by atoms with Gasteiger partial charge in [0, 0.05) is 0 Å². The Hall–Kier alpha value is -1.50. The summed E-state index contributed by atoms with van der Waals surface area (Å²) >= 11 is 5.04. The number of halogens is 4. The number of hydrogen-bond donors (Lipinski definition) is 1. The summed E-state index contributed by atoms with van der Waals surface area (Å²) in [6, 6.07) is 1.85. The Morgan fingerprint density at radius 2 is 2.07 bits per heavy atom. The van der Waals surface area contributed by atoms with Gasteiger partial charge in [-0.2, -0.15) is 0 Å². The fourth-order valence-electron chi connectivity index (χ4n) is 0.783. The van der Waals surface area contributed by atoms with E-state index >= 15 is 0 Å². The van der Waals surface area contributed by atoms with Crippen LogP contribution in [0.3, 0.4) is 0 Å². The lowest BCUT2D eigenvalue weighted by Gasteiger charge is -2.10. The van der Waals surface area contributed by atoms with Crippen LogP contribution in [0.4, 0.5) is 19.0 Å². The number of ether oxygens (including phenoxy) is 1. The van der Waals surface area contributed by atoms with Gasteiger partial charge in [-0.3, -0.25) is 4.79 Å². The number of aromatic nitrogens is 1. The third-order valence-corrected chi connectivity index (χ3v) is 1.51. The summed E-state index contributed by atoms with van der Waals surface area (Å²) in [7, 11) is 0. The first-order valence-electron chi connectivity index (χ1n) is 3.51. The van der Waals surface area contributed by atoms with Crippen LogP contribution in [-0.4, -0.2) is 16.6 Å². The van der Waals surface area contributed by atoms with Crippen molar-refractivity contribution in [2.45, 2.75) is 6.36 Å². The third kappa shape index (κ3) is 3.28. The fraction of sp³-hybridized carbons (Fsp3) is 0.143. The van der Waals surface area contributed by atoms with Crippen molar-refractivity contribution in [2.75, 3.05) is 5.73 Å². The molecule has 1 heterocycles. The zero-order chi connectivity index (χ0) is 11.6. The van der Waals surface area contributed by atoms with Crippen molar-refractivity contribution in [3.05, 3.63) is 17.8 Å². The highest BCUT2D eigenvalue weighted by Gasteiger charge is 2.32. The Kier molecular flexibility index (Phi) is 3.04. The minimum atomic E-state index is -4.86. The molecular formula is C7H4ClF3N2O2. The van der Waals surface area contributed by atoms with Gasteiger partial charge in [0.15, 0.2) is 11.6 Å². The lowest BCUT2D eigenvalue weighted by atomic mass is 10.3. The molecule has 0 spiro atoms. The lowest BCUT2D eigenvalue weighted by molar-refractivity contribution is -0.274. The average Bonchev–Trinajstić information content (AvgIpc) is 2.05. The Morgan fingerprint density at radius 3 is 2.47 bits per heavy atom. The van der Waals surface area contributed by atoms with Crippen molar-refractivity contribution in [3.63, 3.8) is 0 Å². The zero-order valence-corrected chi connectivity index (χ0v) is 7.76. The van der Waals surface area contributed by atoms with E-state index in [-0.39, 0.29) is 5.69 Å². The lowest BCUT2D eigenvalue weighted by Crippen LogP contribution is -2.18. The van der Waals surface area contributed by atoms with E-state index in [1.807, 2.05) is 0 Å². The highest BCUT2D eigenvalue weighted by atomic mass is 35.5. The van der Waals surface area contributed by atoms with E-state index in [0.717, 1.165) is 12.1 Å². The Morgan fingerprint density at radius 1 is 1.47 bits per heavy atom. The second-order valence-electron chi connectivity index (χ2n) is 2.40. The summed E-state index contributed by atoms with van der Waals surface area (Å²) in [6.45, 7) is 0. The van der Waals surface area contributed by atoms with Gasteiger partial charge in [-0.25, -0.2) is 4.98 Å². The molecule has 0 bridgehead atoms. The van der Waals surface area contributed by atoms with Crippen molar-refractivity contribution in [1.82, 2.24) is 4.98 Å². The van der Waals surface area contributed by atoms with Crippen LogP contribution in [0.15, 0.2) is 12.1 Å². The number of carbonyl (C=O) groups is 1. The van der Waals surface area contributed by atoms with Crippen molar-refractivity contribution >= 4 is 22.7 Å². The minimum absolute atomic E-state index is 0.247. The normalized spacial score (nSPS) is 11.2. The predicted octanol–water partition coefficient (Wildman–Crippen LogP) is 1.94. The van der Waals surface area contributed by atoms with Gasteiger partial charge in [0.1, 0.15) is 5.69 Å². The first kappa shape index (κ1) is 11.6. The summed E-state index contributed by atoms with van der Waals surface area (Å²) in [5.41, 5.74) is 4.87. The van der Waals surface area contributed by atoms with E-state index < -0.39 is 23.2 Å². The summed E-state index contributed by atoms with van der Waals surface area (Å²) in [4.78, 5) is 13.9. The molecule has 0 aliphatic carbocycles. The van der Waals surface area contributed by atoms with Crippen LogP contribution < -0.4 is 10.5 Å². The molecule has 0 radical (unpaired) electrons. The van der Waals surface area contributed by atoms with Crippen LogP contribution in [0.1, 0.15) is 10.5 Å². The second kappa shape index (κ2) is 3.93. The van der Waals surface area contributed by atoms with Gasteiger partial charge in [0.25, 0.3) is 5.24 Å². The Bertz CT molecular complexity index is 394. The number of nitrogen functional groups attached to an aromatic ring is 1. The first-order valence-corrected chi connectivity index (χ1v) is 3.89. The van der Waals surface area contributed by atoms with Gasteiger partial charge >= 0.3 is 6.36 Å². The summed E-state index contributed by atoms with van der Waals surface area (Å²) < 4.78 is 38.9. The number of rotatable bonds is 2. The molecular weight excluding hydrogens is 237 g/mol. The largest absolute Gasteiger partial charge is 0.573 e. The number of nitrogens with zero attached hydrogens (tertiary/aromatic N) is 1. The van der Waals surface area contributed by atoms with Crippen molar-refractivity contribution in [2.24, 2.45) is 0 Å². The summed E-state index contributed by atoms with van der Waals surface area (Å²) in [5, 5.41) is -0.916. The molecule has 0 amide bonds. The highest BCUT2D eigenvalue weighted by molar-refractivity contribution is 6.67. The molecule has 0 saturated heterocycles. The van der Waals surface area contributed by atoms with E-state index in [0.29, 0.717) is 0 Å². The number of alkyl halides is 3. The van der Waals surface area contributed by atoms with Crippen LogP contribution in [0, 0.1) is 0 Å². The van der Waals surface area contributed by atoms with Gasteiger partial charge < -0.3 is 10.5 Å². The van der Waals surface area contributed by atoms with Crippen LogP contribution in [0.25, 0.3) is 0 Å². The quantitative estimate of drug-likeness (QED) is 0.803. The predicted molar refractivity (Wildman–Crippen MR) is 45.5 cm³/mol. The average molecular weight is 241 g/mol. The molecule has 0 aromatic carbocycles. The Labute approximate surface area is 86.8 Å². The molecule has 0 unspecified atom stereocenters. The molecule has 0 aliphatic rings. The van der Waals surface area contributed by atoms with Crippen LogP contribution in [0.5, 0.6) is 5.75 Å². The maximum absolute atomic E-state index is 11.8. The Balaban J connectivity index is 2.99. The number of hydrogen-bond acceptors (Lipinski definition) is 4. The van der Waals surface area contributed by atoms with Crippen molar-refractivity contribution in [3.8, 4) is 5.75 Å². The molecule has 0 saturated carbocycles. The monoisotopic (exact) mass is 240 g/mol. The summed E-state index contributed by atoms with van der Waals surface area (Å²) in [6.07, 6.45) is -4.86. The number of carbonyl (C=O) groups excluding carboxylic acids is 1. The summed E-state index contributed by atoms with van der Waals surface area (Å²) in [5.74, 6) is -1.23. The van der Waals surface area contributed by atoms with Crippen LogP contribution in [-0.2, 0) is 0 Å². The SMILES string of the molecule is Nc1nc(C(=O)Cl)ccc1OC(F)(F)F. The van der Waals surface area contributed by atoms with Gasteiger partial charge in [-0.05, 0) is 23.7 Å². The van der Waals surface area contributed by atoms with E-state index in [4.69, 9.17) is 17.3 Å². The molecule has 82 valence electrons. The second-order valence-corrected chi connectivity index (χ2v) is 2.74. The maximum atomic E-state index is 11.8. The number of nitrogens with two attached hydrogens (primary N) is 1. The first-order chi connectivity index (χ1) is 6.79. The molecule has 0 fully saturated rings. The number of pyridine rings is 1. The highest BCUT2D eigenvalue weighted by Crippen LogP contribution is 2.27. The third-order valence-electron chi connectivity index (χ3n) is 1.31. The zero-order valence-electron chi connectivity index (χ0n) is 7.01. The van der Waals surface area contributed by atoms with Crippen LogP contribution >= 0.6 is 11.6 Å². The van der Waals surface area contributed by atoms with Gasteiger partial charge in [-0.1, -0.05) is 0 Å². The standard InChI is InChI=1S/C7H4ClF3N2O2/c8-5(14)3-1-2-4(6(12)13-3)15-7(9,10)11/h1-2H,(H2,12,13). The van der Waals surface area contributed by atoms with E-state index in [9.17, 15) is 18.0 Å². The van der Waals surface area contributed by atoms with E-state index in [1.54, 1.807) is 0 Å². The van der Waals surface area contributed by atoms with Crippen molar-refractivity contribution < 1.29 is 22.7 Å². The van der Waals surface area contributed by atoms with Gasteiger partial charge in [0.05, 0.1) is 0 Å². The molecule has 4 nitrogen and oxygen atoms in total. The smallest absolute Gasteiger partial charge is 0.402 e. The molecule has 0 atom stereocenters. The molecule has 1 aromatic rings. The molecule has 8 heteroatoms. The molecule has 1 aromatic heterocycles. The van der Waals surface area contributed by atoms with E-state index in [1.165, 1.54) is 0 Å². The molecule has 0 aliphatic heterocycles. The van der Waals surface area contributed by atoms with E-state index in [2.05, 4.69) is 9.72 Å². The minimum Gasteiger partial charge on any atom is -0.402 e. The molecule has 2 N–H and O–H groups in total. The molecule has 1 rings (SSSR count). The topological polar surface area (TPSA) is 65.2 Å². The number of anilines is 1. The van der Waals surface area contributed by atoms with Gasteiger partial charge in [-0.15, -0.1) is 13.2 Å². The van der Waals surface area contributed by atoms with Crippen molar-refractivity contribution in [1.29, 1.82) is 0 Å². The van der Waals surface area contributed by atoms with Crippen LogP contribution in [0.2, 0.25) is 0 Å². The fourth-order valence-corrected chi connectivity index (χ4v) is 0.888. The maximum Gasteiger partial charge on any atom is 0.573 e. The van der Waals surface area contributed by atoms with Gasteiger partial charge in [0.2, 0.25) is 0 Å².